The molecule has 1 aromatic carbocycles. The zero-order chi connectivity index (χ0) is 16.7. The van der Waals surface area contributed by atoms with Crippen LogP contribution in [-0.4, -0.2) is 30.6 Å². The molecular formula is C16H17ClN2O4. The van der Waals surface area contributed by atoms with Crippen molar-refractivity contribution in [2.45, 2.75) is 13.0 Å². The number of carbonyl (C=O) groups excluding carboxylic acids is 2. The molecule has 2 rings (SSSR count). The van der Waals surface area contributed by atoms with Gasteiger partial charge in [-0.1, -0.05) is 17.7 Å². The van der Waals surface area contributed by atoms with Crippen molar-refractivity contribution in [2.24, 2.45) is 0 Å². The van der Waals surface area contributed by atoms with Crippen LogP contribution < -0.4 is 5.32 Å². The van der Waals surface area contributed by atoms with Crippen LogP contribution in [0.4, 0.5) is 10.5 Å². The van der Waals surface area contributed by atoms with E-state index in [0.717, 1.165) is 0 Å². The summed E-state index contributed by atoms with van der Waals surface area (Å²) in [7, 11) is 1.31. The number of nitrogens with one attached hydrogen (secondary N) is 1. The molecule has 7 heteroatoms. The van der Waals surface area contributed by atoms with E-state index < -0.39 is 0 Å². The topological polar surface area (TPSA) is 71.8 Å². The summed E-state index contributed by atoms with van der Waals surface area (Å²) in [5.74, 6) is 0.237. The molecule has 0 atom stereocenters. The third-order valence-electron chi connectivity index (χ3n) is 3.10. The summed E-state index contributed by atoms with van der Waals surface area (Å²) in [5.41, 5.74) is 0.574. The van der Waals surface area contributed by atoms with Gasteiger partial charge in [-0.3, -0.25) is 4.79 Å². The first-order valence-electron chi connectivity index (χ1n) is 6.99. The molecule has 2 aromatic rings. The second-order valence-electron chi connectivity index (χ2n) is 4.77. The van der Waals surface area contributed by atoms with Gasteiger partial charge in [-0.05, 0) is 30.3 Å². The minimum Gasteiger partial charge on any atom is -0.469 e. The zero-order valence-electron chi connectivity index (χ0n) is 12.6. The van der Waals surface area contributed by atoms with Gasteiger partial charge in [-0.2, -0.15) is 0 Å². The average molecular weight is 337 g/mol. The minimum atomic E-state index is -0.384. The normalized spacial score (nSPS) is 10.2. The number of hydrogen-bond donors (Lipinski definition) is 1. The number of furan rings is 1. The van der Waals surface area contributed by atoms with Gasteiger partial charge in [-0.15, -0.1) is 0 Å². The van der Waals surface area contributed by atoms with Gasteiger partial charge in [0, 0.05) is 17.3 Å². The first-order valence-corrected chi connectivity index (χ1v) is 7.37. The van der Waals surface area contributed by atoms with Crippen LogP contribution in [-0.2, 0) is 16.1 Å². The summed E-state index contributed by atoms with van der Waals surface area (Å²) in [5, 5.41) is 3.27. The number of hydrogen-bond acceptors (Lipinski definition) is 4. The first-order chi connectivity index (χ1) is 11.1. The summed E-state index contributed by atoms with van der Waals surface area (Å²) in [6, 6.07) is 9.98. The summed E-state index contributed by atoms with van der Waals surface area (Å²) in [6.45, 7) is 0.455. The molecule has 1 N–H and O–H groups in total. The Hall–Kier alpha value is -2.47. The maximum Gasteiger partial charge on any atom is 0.322 e. The van der Waals surface area contributed by atoms with Gasteiger partial charge >= 0.3 is 12.0 Å². The highest BCUT2D eigenvalue weighted by atomic mass is 35.5. The van der Waals surface area contributed by atoms with Crippen LogP contribution in [0, 0.1) is 0 Å². The molecule has 0 unspecified atom stereocenters. The van der Waals surface area contributed by atoms with Crippen LogP contribution in [0.1, 0.15) is 12.2 Å². The molecule has 1 heterocycles. The predicted molar refractivity (Wildman–Crippen MR) is 86.2 cm³/mol. The van der Waals surface area contributed by atoms with E-state index in [-0.39, 0.29) is 31.5 Å². The monoisotopic (exact) mass is 336 g/mol. The highest BCUT2D eigenvalue weighted by molar-refractivity contribution is 6.30. The number of benzene rings is 1. The quantitative estimate of drug-likeness (QED) is 0.819. The van der Waals surface area contributed by atoms with Crippen LogP contribution in [0.25, 0.3) is 0 Å². The summed E-state index contributed by atoms with van der Waals surface area (Å²) >= 11 is 5.90. The van der Waals surface area contributed by atoms with Crippen LogP contribution in [0.3, 0.4) is 0 Å². The molecule has 1 aromatic heterocycles. The number of amides is 2. The summed E-state index contributed by atoms with van der Waals surface area (Å²) in [6.07, 6.45) is 1.63. The highest BCUT2D eigenvalue weighted by Gasteiger charge is 2.17. The van der Waals surface area contributed by atoms with E-state index in [4.69, 9.17) is 16.0 Å². The SMILES string of the molecule is COC(=O)CCN(Cc1ccco1)C(=O)Nc1cccc(Cl)c1. The number of nitrogens with zero attached hydrogens (tertiary/aromatic N) is 1. The lowest BCUT2D eigenvalue weighted by Gasteiger charge is -2.21. The second-order valence-corrected chi connectivity index (χ2v) is 5.20. The molecule has 0 bridgehead atoms. The molecular weight excluding hydrogens is 320 g/mol. The zero-order valence-corrected chi connectivity index (χ0v) is 13.4. The molecule has 0 radical (unpaired) electrons. The van der Waals surface area contributed by atoms with Crippen LogP contribution >= 0.6 is 11.6 Å². The Balaban J connectivity index is 2.04. The molecule has 0 aliphatic rings. The van der Waals surface area contributed by atoms with Crippen molar-refractivity contribution in [3.63, 3.8) is 0 Å². The molecule has 23 heavy (non-hydrogen) atoms. The van der Waals surface area contributed by atoms with E-state index in [0.29, 0.717) is 16.5 Å². The molecule has 0 aliphatic carbocycles. The fraction of sp³-hybridized carbons (Fsp3) is 0.250. The van der Waals surface area contributed by atoms with E-state index >= 15 is 0 Å². The second kappa shape index (κ2) is 8.24. The van der Waals surface area contributed by atoms with Gasteiger partial charge in [0.2, 0.25) is 0 Å². The van der Waals surface area contributed by atoms with Crippen molar-refractivity contribution < 1.29 is 18.7 Å². The lowest BCUT2D eigenvalue weighted by Crippen LogP contribution is -2.36. The number of esters is 1. The van der Waals surface area contributed by atoms with Crippen LogP contribution in [0.5, 0.6) is 0 Å². The third-order valence-corrected chi connectivity index (χ3v) is 3.34. The Morgan fingerprint density at radius 2 is 2.13 bits per heavy atom. The number of carbonyl (C=O) groups is 2. The number of rotatable bonds is 6. The molecule has 122 valence electrons. The van der Waals surface area contributed by atoms with Gasteiger partial charge in [0.05, 0.1) is 26.3 Å². The third kappa shape index (κ3) is 5.34. The Morgan fingerprint density at radius 3 is 2.78 bits per heavy atom. The van der Waals surface area contributed by atoms with Gasteiger partial charge in [-0.25, -0.2) is 4.79 Å². The van der Waals surface area contributed by atoms with Crippen LogP contribution in [0.2, 0.25) is 5.02 Å². The summed E-state index contributed by atoms with van der Waals surface area (Å²) < 4.78 is 9.87. The van der Waals surface area contributed by atoms with Crippen molar-refractivity contribution in [2.75, 3.05) is 19.0 Å². The Labute approximate surface area is 139 Å². The number of urea groups is 1. The lowest BCUT2D eigenvalue weighted by molar-refractivity contribution is -0.140. The van der Waals surface area contributed by atoms with Gasteiger partial charge in [0.1, 0.15) is 5.76 Å². The largest absolute Gasteiger partial charge is 0.469 e. The van der Waals surface area contributed by atoms with Gasteiger partial charge < -0.3 is 19.4 Å². The molecule has 0 saturated carbocycles. The van der Waals surface area contributed by atoms with E-state index in [1.807, 2.05) is 0 Å². The molecule has 0 saturated heterocycles. The average Bonchev–Trinajstić information content (AvgIpc) is 3.04. The molecule has 0 spiro atoms. The summed E-state index contributed by atoms with van der Waals surface area (Å²) in [4.78, 5) is 25.2. The predicted octanol–water partition coefficient (Wildman–Crippen LogP) is 3.53. The van der Waals surface area contributed by atoms with Crippen molar-refractivity contribution in [1.29, 1.82) is 0 Å². The number of methoxy groups -OCH3 is 1. The fourth-order valence-electron chi connectivity index (χ4n) is 1.94. The van der Waals surface area contributed by atoms with Gasteiger partial charge in [0.15, 0.2) is 0 Å². The fourth-order valence-corrected chi connectivity index (χ4v) is 2.13. The first kappa shape index (κ1) is 16.9. The molecule has 2 amide bonds. The maximum absolute atomic E-state index is 12.4. The number of halogens is 1. The van der Waals surface area contributed by atoms with Crippen LogP contribution in [0.15, 0.2) is 47.1 Å². The van der Waals surface area contributed by atoms with E-state index in [1.165, 1.54) is 18.3 Å². The van der Waals surface area contributed by atoms with Crippen molar-refractivity contribution >= 4 is 29.3 Å². The number of anilines is 1. The van der Waals surface area contributed by atoms with E-state index in [1.54, 1.807) is 36.4 Å². The Morgan fingerprint density at radius 1 is 1.30 bits per heavy atom. The molecule has 0 aliphatic heterocycles. The Kier molecular flexibility index (Phi) is 6.05. The van der Waals surface area contributed by atoms with Gasteiger partial charge in [0.25, 0.3) is 0 Å². The number of ether oxygens (including phenoxy) is 1. The Bertz CT molecular complexity index is 658. The lowest BCUT2D eigenvalue weighted by atomic mass is 10.3. The molecule has 6 nitrogen and oxygen atoms in total. The van der Waals surface area contributed by atoms with E-state index in [2.05, 4.69) is 10.1 Å². The van der Waals surface area contributed by atoms with E-state index in [9.17, 15) is 9.59 Å². The van der Waals surface area contributed by atoms with Crippen molar-refractivity contribution in [3.05, 3.63) is 53.4 Å². The highest BCUT2D eigenvalue weighted by Crippen LogP contribution is 2.16. The standard InChI is InChI=1S/C16H17ClN2O4/c1-22-15(20)7-8-19(11-14-6-3-9-23-14)16(21)18-13-5-2-4-12(17)10-13/h2-6,9-10H,7-8,11H2,1H3,(H,18,21). The van der Waals surface area contributed by atoms with Crippen molar-refractivity contribution in [1.82, 2.24) is 4.90 Å². The van der Waals surface area contributed by atoms with Crippen molar-refractivity contribution in [3.8, 4) is 0 Å². The molecule has 0 fully saturated rings. The maximum atomic E-state index is 12.4. The minimum absolute atomic E-state index is 0.0974. The smallest absolute Gasteiger partial charge is 0.322 e.